The van der Waals surface area contributed by atoms with Gasteiger partial charge in [-0.3, -0.25) is 10.0 Å². The third kappa shape index (κ3) is 5.71. The lowest BCUT2D eigenvalue weighted by atomic mass is 9.97. The van der Waals surface area contributed by atoms with E-state index in [-0.39, 0.29) is 37.3 Å². The SMILES string of the molecule is CC(C)NC(=O)N1CCC(CC(=O)NO)(c2ccc(-c3ccc(-c4ccccc4)cc3)s2)S(=O)(=O)CC1. The van der Waals surface area contributed by atoms with Crippen LogP contribution < -0.4 is 10.8 Å². The number of nitrogens with one attached hydrogen (secondary N) is 2. The number of amides is 3. The summed E-state index contributed by atoms with van der Waals surface area (Å²) in [5.41, 5.74) is 4.70. The predicted octanol–water partition coefficient (Wildman–Crippen LogP) is 4.41. The second-order valence-corrected chi connectivity index (χ2v) is 13.0. The number of hydrogen-bond acceptors (Lipinski definition) is 6. The number of carbonyl (C=O) groups excluding carboxylic acids is 2. The second-order valence-electron chi connectivity index (χ2n) is 9.47. The average molecular weight is 542 g/mol. The second kappa shape index (κ2) is 11.0. The summed E-state index contributed by atoms with van der Waals surface area (Å²) in [4.78, 5) is 27.8. The molecule has 1 saturated heterocycles. The fraction of sp³-hybridized carbons (Fsp3) is 0.333. The summed E-state index contributed by atoms with van der Waals surface area (Å²) in [6.45, 7) is 3.86. The molecule has 3 N–H and O–H groups in total. The number of urea groups is 1. The van der Waals surface area contributed by atoms with E-state index in [1.54, 1.807) is 11.5 Å². The molecule has 2 heterocycles. The summed E-state index contributed by atoms with van der Waals surface area (Å²) >= 11 is 1.32. The molecule has 4 rings (SSSR count). The summed E-state index contributed by atoms with van der Waals surface area (Å²) < 4.78 is 25.8. The molecule has 1 unspecified atom stereocenters. The molecule has 1 fully saturated rings. The van der Waals surface area contributed by atoms with E-state index in [2.05, 4.69) is 5.32 Å². The largest absolute Gasteiger partial charge is 0.336 e. The predicted molar refractivity (Wildman–Crippen MR) is 145 cm³/mol. The standard InChI is InChI=1S/C27H31N3O5S2/c1-19(2)28-26(32)30-15-14-27(18-25(31)29-33,37(34,35)17-16-30)24-13-12-23(36-24)22-10-8-21(9-11-22)20-6-4-3-5-7-20/h3-13,19,33H,14-18H2,1-2H3,(H,28,32)(H,29,31). The molecule has 1 aliphatic rings. The fourth-order valence-electron chi connectivity index (χ4n) is 4.61. The number of nitrogens with zero attached hydrogens (tertiary/aromatic N) is 1. The first-order valence-corrected chi connectivity index (χ1v) is 14.6. The van der Waals surface area contributed by atoms with Gasteiger partial charge < -0.3 is 10.2 Å². The molecule has 0 radical (unpaired) electrons. The molecule has 3 amide bonds. The van der Waals surface area contributed by atoms with Crippen molar-refractivity contribution in [2.45, 2.75) is 37.5 Å². The van der Waals surface area contributed by atoms with Crippen molar-refractivity contribution in [2.24, 2.45) is 0 Å². The van der Waals surface area contributed by atoms with Crippen LogP contribution in [0.3, 0.4) is 0 Å². The van der Waals surface area contributed by atoms with E-state index in [1.807, 2.05) is 74.5 Å². The Hall–Kier alpha value is -3.21. The molecular weight excluding hydrogens is 510 g/mol. The summed E-state index contributed by atoms with van der Waals surface area (Å²) in [5, 5.41) is 12.0. The minimum atomic E-state index is -3.87. The number of hydrogen-bond donors (Lipinski definition) is 3. The zero-order valence-electron chi connectivity index (χ0n) is 20.8. The minimum absolute atomic E-state index is 0.0303. The summed E-state index contributed by atoms with van der Waals surface area (Å²) in [7, 11) is -3.87. The molecule has 0 saturated carbocycles. The molecule has 0 spiro atoms. The lowest BCUT2D eigenvalue weighted by Gasteiger charge is -2.30. The molecule has 8 nitrogen and oxygen atoms in total. The zero-order valence-corrected chi connectivity index (χ0v) is 22.4. The smallest absolute Gasteiger partial charge is 0.317 e. The van der Waals surface area contributed by atoms with E-state index in [4.69, 9.17) is 0 Å². The van der Waals surface area contributed by atoms with Crippen LogP contribution in [-0.4, -0.2) is 55.3 Å². The molecule has 2 aromatic carbocycles. The molecule has 37 heavy (non-hydrogen) atoms. The number of thiophene rings is 1. The van der Waals surface area contributed by atoms with Gasteiger partial charge >= 0.3 is 6.03 Å². The van der Waals surface area contributed by atoms with Crippen LogP contribution >= 0.6 is 11.3 Å². The highest BCUT2D eigenvalue weighted by atomic mass is 32.2. The van der Waals surface area contributed by atoms with Crippen LogP contribution in [0, 0.1) is 0 Å². The molecule has 1 atom stereocenters. The molecule has 196 valence electrons. The molecule has 1 aliphatic heterocycles. The first-order chi connectivity index (χ1) is 17.6. The quantitative estimate of drug-likeness (QED) is 0.316. The number of benzene rings is 2. The molecule has 0 bridgehead atoms. The van der Waals surface area contributed by atoms with Gasteiger partial charge in [0.25, 0.3) is 0 Å². The van der Waals surface area contributed by atoms with Gasteiger partial charge in [-0.15, -0.1) is 11.3 Å². The average Bonchev–Trinajstić information content (AvgIpc) is 3.33. The van der Waals surface area contributed by atoms with Gasteiger partial charge in [0.15, 0.2) is 9.84 Å². The first-order valence-electron chi connectivity index (χ1n) is 12.1. The van der Waals surface area contributed by atoms with Crippen LogP contribution in [0.2, 0.25) is 0 Å². The van der Waals surface area contributed by atoms with Crippen molar-refractivity contribution in [2.75, 3.05) is 18.8 Å². The summed E-state index contributed by atoms with van der Waals surface area (Å²) in [6.07, 6.45) is -0.389. The van der Waals surface area contributed by atoms with Gasteiger partial charge in [-0.05, 0) is 49.1 Å². The van der Waals surface area contributed by atoms with E-state index >= 15 is 0 Å². The maximum absolute atomic E-state index is 13.7. The third-order valence-electron chi connectivity index (χ3n) is 6.61. The molecule has 3 aromatic rings. The van der Waals surface area contributed by atoms with Crippen LogP contribution in [0.5, 0.6) is 0 Å². The topological polar surface area (TPSA) is 116 Å². The Morgan fingerprint density at radius 1 is 0.973 bits per heavy atom. The first kappa shape index (κ1) is 26.8. The third-order valence-corrected chi connectivity index (χ3v) is 10.6. The fourth-order valence-corrected chi connectivity index (χ4v) is 8.21. The zero-order chi connectivity index (χ0) is 26.6. The van der Waals surface area contributed by atoms with E-state index in [1.165, 1.54) is 16.2 Å². The minimum Gasteiger partial charge on any atom is -0.336 e. The van der Waals surface area contributed by atoms with Crippen LogP contribution in [0.15, 0.2) is 66.7 Å². The summed E-state index contributed by atoms with van der Waals surface area (Å²) in [5.74, 6) is -1.07. The Bertz CT molecular complexity index is 1350. The van der Waals surface area contributed by atoms with Crippen molar-refractivity contribution < 1.29 is 23.2 Å². The molecular formula is C27H31N3O5S2. The lowest BCUT2D eigenvalue weighted by molar-refractivity contribution is -0.129. The Morgan fingerprint density at radius 3 is 2.27 bits per heavy atom. The van der Waals surface area contributed by atoms with Gasteiger partial charge in [-0.1, -0.05) is 54.6 Å². The van der Waals surface area contributed by atoms with Gasteiger partial charge in [0, 0.05) is 28.9 Å². The highest BCUT2D eigenvalue weighted by Gasteiger charge is 2.49. The van der Waals surface area contributed by atoms with Crippen molar-refractivity contribution in [3.8, 4) is 21.6 Å². The van der Waals surface area contributed by atoms with Crippen molar-refractivity contribution in [1.82, 2.24) is 15.7 Å². The van der Waals surface area contributed by atoms with Crippen molar-refractivity contribution >= 4 is 33.1 Å². The normalized spacial score (nSPS) is 19.3. The maximum atomic E-state index is 13.7. The van der Waals surface area contributed by atoms with Crippen LogP contribution in [0.25, 0.3) is 21.6 Å². The number of sulfone groups is 1. The Kier molecular flexibility index (Phi) is 8.01. The van der Waals surface area contributed by atoms with Gasteiger partial charge in [0.05, 0.1) is 12.2 Å². The number of rotatable bonds is 6. The maximum Gasteiger partial charge on any atom is 0.317 e. The van der Waals surface area contributed by atoms with Gasteiger partial charge in [-0.2, -0.15) is 0 Å². The van der Waals surface area contributed by atoms with Gasteiger partial charge in [0.2, 0.25) is 5.91 Å². The van der Waals surface area contributed by atoms with Crippen LogP contribution in [-0.2, 0) is 19.4 Å². The Balaban J connectivity index is 1.68. The Labute approximate surface area is 221 Å². The molecule has 1 aromatic heterocycles. The lowest BCUT2D eigenvalue weighted by Crippen LogP contribution is -2.44. The Morgan fingerprint density at radius 2 is 1.62 bits per heavy atom. The molecule has 0 aliphatic carbocycles. The van der Waals surface area contributed by atoms with Crippen LogP contribution in [0.1, 0.15) is 31.6 Å². The molecule has 10 heteroatoms. The monoisotopic (exact) mass is 541 g/mol. The van der Waals surface area contributed by atoms with Crippen molar-refractivity contribution in [3.63, 3.8) is 0 Å². The number of carbonyl (C=O) groups is 2. The van der Waals surface area contributed by atoms with E-state index in [9.17, 15) is 23.2 Å². The highest BCUT2D eigenvalue weighted by Crippen LogP contribution is 2.45. The van der Waals surface area contributed by atoms with Gasteiger partial charge in [-0.25, -0.2) is 18.7 Å². The van der Waals surface area contributed by atoms with E-state index in [0.29, 0.717) is 4.88 Å². The number of hydroxylamine groups is 1. The van der Waals surface area contributed by atoms with Crippen molar-refractivity contribution in [1.29, 1.82) is 0 Å². The summed E-state index contributed by atoms with van der Waals surface area (Å²) in [6, 6.07) is 21.2. The van der Waals surface area contributed by atoms with Gasteiger partial charge in [0.1, 0.15) is 4.75 Å². The van der Waals surface area contributed by atoms with Crippen molar-refractivity contribution in [3.05, 3.63) is 71.6 Å². The van der Waals surface area contributed by atoms with E-state index in [0.717, 1.165) is 21.6 Å². The van der Waals surface area contributed by atoms with Crippen LogP contribution in [0.4, 0.5) is 4.79 Å². The highest BCUT2D eigenvalue weighted by molar-refractivity contribution is 7.92. The van der Waals surface area contributed by atoms with E-state index < -0.39 is 26.9 Å².